The summed E-state index contributed by atoms with van der Waals surface area (Å²) in [5.41, 5.74) is 6.71. The molecular formula is C11H11FN2O. The van der Waals surface area contributed by atoms with Crippen molar-refractivity contribution in [2.45, 2.75) is 0 Å². The molecule has 0 spiro atoms. The van der Waals surface area contributed by atoms with Crippen molar-refractivity contribution in [2.24, 2.45) is 10.7 Å². The summed E-state index contributed by atoms with van der Waals surface area (Å²) in [6, 6.07) is 3.89. The third-order valence-corrected chi connectivity index (χ3v) is 1.90. The lowest BCUT2D eigenvalue weighted by Crippen LogP contribution is -1.97. The number of hydrogen-bond acceptors (Lipinski definition) is 3. The maximum absolute atomic E-state index is 13.0. The van der Waals surface area contributed by atoms with E-state index in [2.05, 4.69) is 4.99 Å². The molecule has 0 aliphatic heterocycles. The number of carbonyl (C=O) groups is 1. The molecule has 0 atom stereocenters. The van der Waals surface area contributed by atoms with Crippen molar-refractivity contribution < 1.29 is 9.18 Å². The fourth-order valence-corrected chi connectivity index (χ4v) is 1.22. The van der Waals surface area contributed by atoms with Gasteiger partial charge < -0.3 is 5.73 Å². The number of allylic oxidation sites excluding steroid dienone is 1. The van der Waals surface area contributed by atoms with Gasteiger partial charge in [-0.3, -0.25) is 9.79 Å². The number of benzene rings is 1. The van der Waals surface area contributed by atoms with Crippen molar-refractivity contribution in [2.75, 3.05) is 7.05 Å². The fourth-order valence-electron chi connectivity index (χ4n) is 1.22. The van der Waals surface area contributed by atoms with Gasteiger partial charge in [0.05, 0.1) is 0 Å². The summed E-state index contributed by atoms with van der Waals surface area (Å²) in [5, 5.41) is 0. The van der Waals surface area contributed by atoms with Gasteiger partial charge in [0.15, 0.2) is 6.29 Å². The Morgan fingerprint density at radius 3 is 2.80 bits per heavy atom. The van der Waals surface area contributed by atoms with Crippen LogP contribution < -0.4 is 5.73 Å². The van der Waals surface area contributed by atoms with Gasteiger partial charge in [-0.05, 0) is 23.8 Å². The van der Waals surface area contributed by atoms with Gasteiger partial charge in [-0.25, -0.2) is 4.39 Å². The van der Waals surface area contributed by atoms with Crippen LogP contribution in [0.4, 0.5) is 4.39 Å². The number of hydrogen-bond donors (Lipinski definition) is 1. The minimum absolute atomic E-state index is 0.382. The SMILES string of the molecule is CN=CC(=CN)c1cc(F)ccc1C=O. The standard InChI is InChI=1S/C11H11FN2O/c1-14-6-9(5-13)11-4-10(12)3-2-8(11)7-15/h2-7H,13H2,1H3. The second kappa shape index (κ2) is 5.05. The van der Waals surface area contributed by atoms with E-state index in [1.807, 2.05) is 0 Å². The van der Waals surface area contributed by atoms with Gasteiger partial charge in [-0.1, -0.05) is 0 Å². The molecule has 0 amide bonds. The second-order valence-electron chi connectivity index (χ2n) is 2.86. The molecule has 0 saturated carbocycles. The monoisotopic (exact) mass is 206 g/mol. The minimum atomic E-state index is -0.417. The molecule has 0 heterocycles. The van der Waals surface area contributed by atoms with Crippen molar-refractivity contribution in [3.05, 3.63) is 41.3 Å². The topological polar surface area (TPSA) is 55.4 Å². The molecule has 1 aromatic rings. The van der Waals surface area contributed by atoms with Gasteiger partial charge in [0.2, 0.25) is 0 Å². The summed E-state index contributed by atoms with van der Waals surface area (Å²) in [5.74, 6) is -0.417. The van der Waals surface area contributed by atoms with Gasteiger partial charge in [-0.15, -0.1) is 0 Å². The Labute approximate surface area is 87.1 Å². The van der Waals surface area contributed by atoms with Crippen LogP contribution in [-0.4, -0.2) is 19.5 Å². The zero-order chi connectivity index (χ0) is 11.3. The largest absolute Gasteiger partial charge is 0.404 e. The molecule has 1 rings (SSSR count). The summed E-state index contributed by atoms with van der Waals surface area (Å²) in [6.07, 6.45) is 3.42. The lowest BCUT2D eigenvalue weighted by molar-refractivity contribution is 0.112. The normalized spacial score (nSPS) is 12.0. The van der Waals surface area contributed by atoms with E-state index in [9.17, 15) is 9.18 Å². The fraction of sp³-hybridized carbons (Fsp3) is 0.0909. The maximum Gasteiger partial charge on any atom is 0.150 e. The highest BCUT2D eigenvalue weighted by atomic mass is 19.1. The Balaban J connectivity index is 3.32. The van der Waals surface area contributed by atoms with E-state index < -0.39 is 5.82 Å². The van der Waals surface area contributed by atoms with E-state index in [1.165, 1.54) is 30.6 Å². The number of halogens is 1. The molecule has 4 heteroatoms. The van der Waals surface area contributed by atoms with Crippen LogP contribution in [-0.2, 0) is 0 Å². The number of nitrogens with zero attached hydrogens (tertiary/aromatic N) is 1. The summed E-state index contributed by atoms with van der Waals surface area (Å²) >= 11 is 0. The Bertz CT molecular complexity index is 425. The molecule has 15 heavy (non-hydrogen) atoms. The Morgan fingerprint density at radius 1 is 1.53 bits per heavy atom. The van der Waals surface area contributed by atoms with Crippen molar-refractivity contribution >= 4 is 18.1 Å². The van der Waals surface area contributed by atoms with Crippen LogP contribution in [0, 0.1) is 5.82 Å². The molecule has 0 radical (unpaired) electrons. The predicted molar refractivity (Wildman–Crippen MR) is 58.4 cm³/mol. The summed E-state index contributed by atoms with van der Waals surface area (Å²) in [4.78, 5) is 14.5. The number of aliphatic imine (C=N–C) groups is 1. The molecule has 1 aromatic carbocycles. The van der Waals surface area contributed by atoms with Crippen LogP contribution in [0.5, 0.6) is 0 Å². The molecule has 0 aliphatic carbocycles. The zero-order valence-electron chi connectivity index (χ0n) is 8.27. The van der Waals surface area contributed by atoms with Crippen molar-refractivity contribution in [3.8, 4) is 0 Å². The first-order valence-electron chi connectivity index (χ1n) is 4.32. The van der Waals surface area contributed by atoms with Crippen LogP contribution in [0.1, 0.15) is 15.9 Å². The van der Waals surface area contributed by atoms with Crippen molar-refractivity contribution in [1.82, 2.24) is 0 Å². The molecule has 0 aromatic heterocycles. The highest BCUT2D eigenvalue weighted by Crippen LogP contribution is 2.17. The van der Waals surface area contributed by atoms with Crippen molar-refractivity contribution in [3.63, 3.8) is 0 Å². The van der Waals surface area contributed by atoms with E-state index in [1.54, 1.807) is 7.05 Å². The number of rotatable bonds is 3. The summed E-state index contributed by atoms with van der Waals surface area (Å²) in [7, 11) is 1.57. The molecule has 0 aliphatic rings. The van der Waals surface area contributed by atoms with Gasteiger partial charge >= 0.3 is 0 Å². The average molecular weight is 206 g/mol. The van der Waals surface area contributed by atoms with Gasteiger partial charge in [0, 0.05) is 30.6 Å². The quantitative estimate of drug-likeness (QED) is 0.603. The zero-order valence-corrected chi connectivity index (χ0v) is 8.27. The Morgan fingerprint density at radius 2 is 2.27 bits per heavy atom. The molecular weight excluding hydrogens is 195 g/mol. The van der Waals surface area contributed by atoms with Crippen LogP contribution in [0.15, 0.2) is 29.4 Å². The molecule has 0 bridgehead atoms. The minimum Gasteiger partial charge on any atom is -0.404 e. The molecule has 0 saturated heterocycles. The average Bonchev–Trinajstić information content (AvgIpc) is 2.26. The lowest BCUT2D eigenvalue weighted by atomic mass is 10.0. The van der Waals surface area contributed by atoms with Crippen LogP contribution in [0.2, 0.25) is 0 Å². The number of nitrogens with two attached hydrogens (primary N) is 1. The summed E-state index contributed by atoms with van der Waals surface area (Å²) < 4.78 is 13.0. The first-order chi connectivity index (χ1) is 7.22. The second-order valence-corrected chi connectivity index (χ2v) is 2.86. The third-order valence-electron chi connectivity index (χ3n) is 1.90. The molecule has 2 N–H and O–H groups in total. The van der Waals surface area contributed by atoms with E-state index in [-0.39, 0.29) is 0 Å². The maximum atomic E-state index is 13.0. The molecule has 0 fully saturated rings. The van der Waals surface area contributed by atoms with Gasteiger partial charge in [0.1, 0.15) is 5.82 Å². The Kier molecular flexibility index (Phi) is 3.74. The highest BCUT2D eigenvalue weighted by Gasteiger charge is 2.06. The Hall–Kier alpha value is -1.97. The highest BCUT2D eigenvalue weighted by molar-refractivity contribution is 6.12. The molecule has 0 unspecified atom stereocenters. The third kappa shape index (κ3) is 2.49. The first-order valence-corrected chi connectivity index (χ1v) is 4.32. The van der Waals surface area contributed by atoms with E-state index >= 15 is 0 Å². The van der Waals surface area contributed by atoms with E-state index in [4.69, 9.17) is 5.73 Å². The number of aldehydes is 1. The molecule has 3 nitrogen and oxygen atoms in total. The summed E-state index contributed by atoms with van der Waals surface area (Å²) in [6.45, 7) is 0. The van der Waals surface area contributed by atoms with Crippen LogP contribution in [0.25, 0.3) is 5.57 Å². The molecule has 78 valence electrons. The number of carbonyl (C=O) groups excluding carboxylic acids is 1. The van der Waals surface area contributed by atoms with Crippen LogP contribution >= 0.6 is 0 Å². The smallest absolute Gasteiger partial charge is 0.150 e. The van der Waals surface area contributed by atoms with Gasteiger partial charge in [-0.2, -0.15) is 0 Å². The van der Waals surface area contributed by atoms with Gasteiger partial charge in [0.25, 0.3) is 0 Å². The van der Waals surface area contributed by atoms with E-state index in [0.29, 0.717) is 23.0 Å². The van der Waals surface area contributed by atoms with E-state index in [0.717, 1.165) is 0 Å². The van der Waals surface area contributed by atoms with Crippen molar-refractivity contribution in [1.29, 1.82) is 0 Å². The lowest BCUT2D eigenvalue weighted by Gasteiger charge is -2.04. The first kappa shape index (κ1) is 11.1. The van der Waals surface area contributed by atoms with Crippen LogP contribution in [0.3, 0.4) is 0 Å². The predicted octanol–water partition coefficient (Wildman–Crippen LogP) is 1.64.